The lowest BCUT2D eigenvalue weighted by atomic mass is 10.0. The van der Waals surface area contributed by atoms with Crippen molar-refractivity contribution in [3.8, 4) is 11.1 Å². The van der Waals surface area contributed by atoms with Crippen LogP contribution in [0.5, 0.6) is 0 Å². The van der Waals surface area contributed by atoms with Gasteiger partial charge in [-0.1, -0.05) is 168 Å². The molecule has 2 aromatic rings. The van der Waals surface area contributed by atoms with Crippen LogP contribution in [-0.2, 0) is 13.1 Å². The maximum Gasteiger partial charge on any atom is 0.176 e. The van der Waals surface area contributed by atoms with E-state index < -0.39 is 0 Å². The Labute approximate surface area is 308 Å². The van der Waals surface area contributed by atoms with Gasteiger partial charge >= 0.3 is 0 Å². The van der Waals surface area contributed by atoms with E-state index >= 15 is 0 Å². The fourth-order valence-corrected chi connectivity index (χ4v) is 6.61. The molecule has 0 amide bonds. The van der Waals surface area contributed by atoms with Gasteiger partial charge < -0.3 is 34.0 Å². The molecule has 0 fully saturated rings. The van der Waals surface area contributed by atoms with Crippen LogP contribution < -0.4 is 43.1 Å². The van der Waals surface area contributed by atoms with Crippen LogP contribution >= 0.6 is 0 Å². The van der Waals surface area contributed by atoms with Crippen LogP contribution in [0.15, 0.2) is 49.1 Å². The fraction of sp³-hybridized carbons (Fsp3) is 0.762. The Hall–Kier alpha value is -0.740. The zero-order valence-electron chi connectivity index (χ0n) is 30.5. The van der Waals surface area contributed by atoms with E-state index in [-0.39, 0.29) is 34.0 Å². The highest BCUT2D eigenvalue weighted by atomic mass is 79.9. The fourth-order valence-electron chi connectivity index (χ4n) is 6.61. The maximum absolute atomic E-state index is 2.39. The van der Waals surface area contributed by atoms with Crippen molar-refractivity contribution >= 4 is 0 Å². The molecule has 0 N–H and O–H groups in total. The molecule has 0 aliphatic carbocycles. The van der Waals surface area contributed by atoms with E-state index in [2.05, 4.69) is 72.0 Å². The van der Waals surface area contributed by atoms with Gasteiger partial charge in [0.1, 0.15) is 13.1 Å². The van der Waals surface area contributed by atoms with Gasteiger partial charge in [-0.15, -0.1) is 0 Å². The minimum atomic E-state index is 0. The standard InChI is InChI=1S/C42H74N2.2BrH/c1-3-5-7-9-11-13-15-17-19-21-23-25-27-29-35-43-38-33-41(34-39-43)42-32-31-37-44(40-42)36-30-28-26-24-22-20-18-16-14-12-10-8-6-4-2;;/h31-34,37-40H,3-30,35-36H2,1-2H3;2*1H/q+2;;/p-2. The molecule has 0 radical (unpaired) electrons. The second kappa shape index (κ2) is 34.1. The highest BCUT2D eigenvalue weighted by Crippen LogP contribution is 2.17. The first-order chi connectivity index (χ1) is 21.8. The van der Waals surface area contributed by atoms with Crippen LogP contribution in [0.4, 0.5) is 0 Å². The van der Waals surface area contributed by atoms with Crippen LogP contribution in [0.3, 0.4) is 0 Å². The number of aromatic nitrogens is 2. The Bertz CT molecular complexity index is 885. The Morgan fingerprint density at radius 3 is 1.04 bits per heavy atom. The molecule has 46 heavy (non-hydrogen) atoms. The lowest BCUT2D eigenvalue weighted by Gasteiger charge is -2.04. The van der Waals surface area contributed by atoms with E-state index in [1.807, 2.05) is 0 Å². The van der Waals surface area contributed by atoms with Crippen LogP contribution in [0.1, 0.15) is 194 Å². The summed E-state index contributed by atoms with van der Waals surface area (Å²) in [6, 6.07) is 9.08. The number of aryl methyl sites for hydroxylation is 2. The van der Waals surface area contributed by atoms with E-state index in [9.17, 15) is 0 Å². The van der Waals surface area contributed by atoms with Crippen LogP contribution in [0, 0.1) is 0 Å². The van der Waals surface area contributed by atoms with E-state index in [4.69, 9.17) is 0 Å². The first kappa shape index (κ1) is 45.3. The minimum Gasteiger partial charge on any atom is -1.00 e. The molecule has 0 saturated heterocycles. The van der Waals surface area contributed by atoms with Crippen molar-refractivity contribution in [1.29, 1.82) is 0 Å². The third kappa shape index (κ3) is 25.3. The van der Waals surface area contributed by atoms with Crippen LogP contribution in [0.2, 0.25) is 0 Å². The van der Waals surface area contributed by atoms with Crippen molar-refractivity contribution in [2.75, 3.05) is 0 Å². The number of halogens is 2. The molecule has 4 heteroatoms. The molecular weight excluding hydrogens is 692 g/mol. The van der Waals surface area contributed by atoms with E-state index in [1.54, 1.807) is 0 Å². The Kier molecular flexibility index (Phi) is 33.6. The van der Waals surface area contributed by atoms with Gasteiger partial charge in [0.15, 0.2) is 24.8 Å². The van der Waals surface area contributed by atoms with E-state index in [1.165, 1.54) is 191 Å². The van der Waals surface area contributed by atoms with Gasteiger partial charge in [-0.25, -0.2) is 9.13 Å². The summed E-state index contributed by atoms with van der Waals surface area (Å²) < 4.78 is 4.77. The molecule has 2 rings (SSSR count). The molecule has 266 valence electrons. The van der Waals surface area contributed by atoms with Gasteiger partial charge in [0.05, 0.1) is 0 Å². The van der Waals surface area contributed by atoms with Gasteiger partial charge in [0, 0.05) is 36.6 Å². The van der Waals surface area contributed by atoms with Crippen LogP contribution in [-0.4, -0.2) is 0 Å². The SMILES string of the molecule is CCCCCCCCCCCCCCCC[n+]1ccc(-c2ccc[n+](CCCCCCCCCCCCCCCC)c2)cc1.[Br-].[Br-]. The number of pyridine rings is 2. The summed E-state index contributed by atoms with van der Waals surface area (Å²) in [5.74, 6) is 0. The molecule has 0 unspecified atom stereocenters. The lowest BCUT2D eigenvalue weighted by molar-refractivity contribution is -0.697. The minimum absolute atomic E-state index is 0. The molecule has 2 heterocycles. The van der Waals surface area contributed by atoms with Gasteiger partial charge in [-0.2, -0.15) is 0 Å². The molecule has 2 nitrogen and oxygen atoms in total. The number of hydrogen-bond donors (Lipinski definition) is 0. The highest BCUT2D eigenvalue weighted by molar-refractivity contribution is 5.60. The lowest BCUT2D eigenvalue weighted by Crippen LogP contribution is -3.00. The molecule has 0 saturated carbocycles. The highest BCUT2D eigenvalue weighted by Gasteiger charge is 2.08. The van der Waals surface area contributed by atoms with Gasteiger partial charge in [-0.3, -0.25) is 0 Å². The van der Waals surface area contributed by atoms with Crippen molar-refractivity contribution < 1.29 is 43.1 Å². The second-order valence-corrected chi connectivity index (χ2v) is 13.8. The monoisotopic (exact) mass is 764 g/mol. The number of unbranched alkanes of at least 4 members (excludes halogenated alkanes) is 26. The van der Waals surface area contributed by atoms with Gasteiger partial charge in [-0.05, 0) is 24.5 Å². The topological polar surface area (TPSA) is 7.76 Å². The summed E-state index contributed by atoms with van der Waals surface area (Å²) in [4.78, 5) is 0. The number of nitrogens with zero attached hydrogens (tertiary/aromatic N) is 2. The summed E-state index contributed by atoms with van der Waals surface area (Å²) in [5.41, 5.74) is 2.67. The van der Waals surface area contributed by atoms with Crippen molar-refractivity contribution in [1.82, 2.24) is 0 Å². The molecule has 0 aromatic carbocycles. The second-order valence-electron chi connectivity index (χ2n) is 13.8. The normalized spacial score (nSPS) is 10.9. The quantitative estimate of drug-likeness (QED) is 0.0584. The summed E-state index contributed by atoms with van der Waals surface area (Å²) in [7, 11) is 0. The zero-order chi connectivity index (χ0) is 31.2. The molecule has 0 bridgehead atoms. The van der Waals surface area contributed by atoms with E-state index in [0.717, 1.165) is 13.1 Å². The van der Waals surface area contributed by atoms with Crippen molar-refractivity contribution in [2.45, 2.75) is 207 Å². The summed E-state index contributed by atoms with van der Waals surface area (Å²) in [5, 5.41) is 0. The molecule has 0 aliphatic rings. The van der Waals surface area contributed by atoms with Crippen molar-refractivity contribution in [2.24, 2.45) is 0 Å². The maximum atomic E-state index is 2.39. The molecule has 0 atom stereocenters. The summed E-state index contributed by atoms with van der Waals surface area (Å²) >= 11 is 0. The predicted molar refractivity (Wildman–Crippen MR) is 193 cm³/mol. The number of rotatable bonds is 31. The first-order valence-corrected chi connectivity index (χ1v) is 19.8. The third-order valence-electron chi connectivity index (χ3n) is 9.62. The summed E-state index contributed by atoms with van der Waals surface area (Å²) in [6.45, 7) is 6.89. The van der Waals surface area contributed by atoms with Crippen molar-refractivity contribution in [3.63, 3.8) is 0 Å². The molecule has 0 aliphatic heterocycles. The van der Waals surface area contributed by atoms with Gasteiger partial charge in [0.25, 0.3) is 0 Å². The third-order valence-corrected chi connectivity index (χ3v) is 9.62. The molecule has 0 spiro atoms. The molecule has 2 aromatic heterocycles. The van der Waals surface area contributed by atoms with E-state index in [0.29, 0.717) is 0 Å². The van der Waals surface area contributed by atoms with Gasteiger partial charge in [0.2, 0.25) is 0 Å². The Morgan fingerprint density at radius 1 is 0.348 bits per heavy atom. The van der Waals surface area contributed by atoms with Crippen LogP contribution in [0.25, 0.3) is 11.1 Å². The Balaban J connectivity index is 0.0000101. The van der Waals surface area contributed by atoms with Crippen molar-refractivity contribution in [3.05, 3.63) is 49.1 Å². The zero-order valence-corrected chi connectivity index (χ0v) is 33.7. The largest absolute Gasteiger partial charge is 1.00 e. The smallest absolute Gasteiger partial charge is 0.176 e. The average Bonchev–Trinajstić information content (AvgIpc) is 3.05. The summed E-state index contributed by atoms with van der Waals surface area (Å²) in [6.07, 6.45) is 48.9. The average molecular weight is 767 g/mol. The Morgan fingerprint density at radius 2 is 0.674 bits per heavy atom. The number of hydrogen-bond acceptors (Lipinski definition) is 0. The predicted octanol–water partition coefficient (Wildman–Crippen LogP) is 6.90. The first-order valence-electron chi connectivity index (χ1n) is 19.8. The molecular formula is C42H74Br2N2.